The molecule has 0 saturated carbocycles. The van der Waals surface area contributed by atoms with Crippen molar-refractivity contribution in [3.8, 4) is 0 Å². The van der Waals surface area contributed by atoms with Crippen molar-refractivity contribution in [2.75, 3.05) is 32.4 Å². The highest BCUT2D eigenvalue weighted by molar-refractivity contribution is 5.62. The monoisotopic (exact) mass is 292 g/mol. The Morgan fingerprint density at radius 1 is 1.52 bits per heavy atom. The molecule has 0 amide bonds. The molecule has 21 heavy (non-hydrogen) atoms. The number of nitrogen functional groups attached to an aromatic ring is 1. The number of hydrogen-bond acceptors (Lipinski definition) is 5. The van der Waals surface area contributed by atoms with Gasteiger partial charge in [-0.05, 0) is 38.5 Å². The molecule has 1 atom stereocenters. The van der Waals surface area contributed by atoms with Crippen LogP contribution in [0.4, 0.5) is 11.4 Å². The molecule has 0 aliphatic carbocycles. The largest absolute Gasteiger partial charge is 0.393 e. The molecule has 0 aromatic heterocycles. The summed E-state index contributed by atoms with van der Waals surface area (Å²) in [5.74, 6) is 0. The van der Waals surface area contributed by atoms with E-state index in [-0.39, 0.29) is 11.4 Å². The number of likely N-dealkylation sites (N-methyl/N-ethyl adjacent to an activating group) is 2. The number of likely N-dealkylation sites (tertiary alicyclic amines) is 1. The minimum atomic E-state index is -0.422. The van der Waals surface area contributed by atoms with Crippen LogP contribution in [0.25, 0.3) is 0 Å². The molecule has 0 radical (unpaired) electrons. The maximum Gasteiger partial charge on any atom is 0.292 e. The van der Waals surface area contributed by atoms with Crippen LogP contribution in [0.15, 0.2) is 18.2 Å². The van der Waals surface area contributed by atoms with Gasteiger partial charge in [-0.25, -0.2) is 0 Å². The molecule has 0 spiro atoms. The first-order valence-electron chi connectivity index (χ1n) is 7.47. The topological polar surface area (TPSA) is 75.6 Å². The second-order valence-corrected chi connectivity index (χ2v) is 5.73. The van der Waals surface area contributed by atoms with Crippen molar-refractivity contribution in [3.63, 3.8) is 0 Å². The van der Waals surface area contributed by atoms with Crippen LogP contribution >= 0.6 is 0 Å². The molecule has 116 valence electrons. The summed E-state index contributed by atoms with van der Waals surface area (Å²) in [6.45, 7) is 6.06. The minimum absolute atomic E-state index is 0.00282. The van der Waals surface area contributed by atoms with E-state index in [1.54, 1.807) is 6.07 Å². The summed E-state index contributed by atoms with van der Waals surface area (Å²) in [5.41, 5.74) is 7.02. The van der Waals surface area contributed by atoms with E-state index in [0.717, 1.165) is 18.7 Å². The van der Waals surface area contributed by atoms with Gasteiger partial charge in [-0.3, -0.25) is 15.0 Å². The van der Waals surface area contributed by atoms with E-state index >= 15 is 0 Å². The molecule has 2 rings (SSSR count). The molecule has 2 N–H and O–H groups in total. The molecule has 1 aliphatic rings. The van der Waals surface area contributed by atoms with Crippen molar-refractivity contribution in [2.45, 2.75) is 32.4 Å². The van der Waals surface area contributed by atoms with Gasteiger partial charge >= 0.3 is 0 Å². The third kappa shape index (κ3) is 3.71. The minimum Gasteiger partial charge on any atom is -0.393 e. The van der Waals surface area contributed by atoms with Crippen LogP contribution in [0.5, 0.6) is 0 Å². The fraction of sp³-hybridized carbons (Fsp3) is 0.600. The second kappa shape index (κ2) is 6.87. The van der Waals surface area contributed by atoms with E-state index in [2.05, 4.69) is 16.7 Å². The van der Waals surface area contributed by atoms with Gasteiger partial charge in [0.15, 0.2) is 0 Å². The molecule has 1 saturated heterocycles. The zero-order valence-corrected chi connectivity index (χ0v) is 12.8. The van der Waals surface area contributed by atoms with Gasteiger partial charge in [0, 0.05) is 25.2 Å². The number of benzene rings is 1. The number of para-hydroxylation sites is 1. The highest BCUT2D eigenvalue weighted by atomic mass is 16.6. The molecule has 1 heterocycles. The predicted molar refractivity (Wildman–Crippen MR) is 84.1 cm³/mol. The van der Waals surface area contributed by atoms with E-state index < -0.39 is 4.92 Å². The summed E-state index contributed by atoms with van der Waals surface area (Å²) < 4.78 is 0. The van der Waals surface area contributed by atoms with Crippen LogP contribution in [-0.2, 0) is 6.54 Å². The smallest absolute Gasteiger partial charge is 0.292 e. The van der Waals surface area contributed by atoms with Crippen LogP contribution in [0.2, 0.25) is 0 Å². The van der Waals surface area contributed by atoms with Gasteiger partial charge in [0.05, 0.1) is 4.92 Å². The van der Waals surface area contributed by atoms with Gasteiger partial charge in [-0.2, -0.15) is 0 Å². The van der Waals surface area contributed by atoms with Gasteiger partial charge in [-0.1, -0.05) is 19.1 Å². The Morgan fingerprint density at radius 2 is 2.29 bits per heavy atom. The maximum atomic E-state index is 10.9. The lowest BCUT2D eigenvalue weighted by Gasteiger charge is -2.28. The molecule has 1 aliphatic heterocycles. The number of nitrogens with zero attached hydrogens (tertiary/aromatic N) is 3. The van der Waals surface area contributed by atoms with Gasteiger partial charge in [-0.15, -0.1) is 0 Å². The number of nitro groups is 1. The van der Waals surface area contributed by atoms with Crippen LogP contribution in [0.3, 0.4) is 0 Å². The standard InChI is InChI=1S/C15H24N4O2/c1-3-18-9-5-7-13(18)11-17(2)10-12-6-4-8-14(15(12)16)19(20)21/h4,6,8,13H,3,5,7,9-11,16H2,1-2H3. The van der Waals surface area contributed by atoms with Gasteiger partial charge in [0.2, 0.25) is 0 Å². The Hall–Kier alpha value is -1.66. The van der Waals surface area contributed by atoms with Crippen molar-refractivity contribution in [1.82, 2.24) is 9.80 Å². The summed E-state index contributed by atoms with van der Waals surface area (Å²) in [4.78, 5) is 15.2. The Balaban J connectivity index is 2.01. The zero-order valence-electron chi connectivity index (χ0n) is 12.8. The van der Waals surface area contributed by atoms with Crippen molar-refractivity contribution >= 4 is 11.4 Å². The van der Waals surface area contributed by atoms with Crippen molar-refractivity contribution in [3.05, 3.63) is 33.9 Å². The number of hydrogen-bond donors (Lipinski definition) is 1. The SMILES string of the molecule is CCN1CCCC1CN(C)Cc1cccc([N+](=O)[O-])c1N. The zero-order chi connectivity index (χ0) is 15.4. The van der Waals surface area contributed by atoms with Crippen molar-refractivity contribution in [1.29, 1.82) is 0 Å². The summed E-state index contributed by atoms with van der Waals surface area (Å²) in [5, 5.41) is 10.9. The Kier molecular flexibility index (Phi) is 5.14. The fourth-order valence-electron chi connectivity index (χ4n) is 3.13. The average molecular weight is 292 g/mol. The van der Waals surface area contributed by atoms with E-state index in [1.807, 2.05) is 13.1 Å². The summed E-state index contributed by atoms with van der Waals surface area (Å²) >= 11 is 0. The van der Waals surface area contributed by atoms with E-state index in [4.69, 9.17) is 5.73 Å². The van der Waals surface area contributed by atoms with Gasteiger partial charge in [0.25, 0.3) is 5.69 Å². The van der Waals surface area contributed by atoms with Gasteiger partial charge in [0.1, 0.15) is 5.69 Å². The number of nitrogens with two attached hydrogens (primary N) is 1. The van der Waals surface area contributed by atoms with Crippen LogP contribution in [0, 0.1) is 10.1 Å². The van der Waals surface area contributed by atoms with Crippen LogP contribution in [0.1, 0.15) is 25.3 Å². The molecule has 0 bridgehead atoms. The highest BCUT2D eigenvalue weighted by Crippen LogP contribution is 2.26. The third-order valence-corrected chi connectivity index (χ3v) is 4.24. The molecular weight excluding hydrogens is 268 g/mol. The average Bonchev–Trinajstić information content (AvgIpc) is 2.87. The predicted octanol–water partition coefficient (Wildman–Crippen LogP) is 2.09. The Labute approximate surface area is 125 Å². The fourth-order valence-corrected chi connectivity index (χ4v) is 3.13. The quantitative estimate of drug-likeness (QED) is 0.493. The molecule has 1 aromatic carbocycles. The second-order valence-electron chi connectivity index (χ2n) is 5.73. The third-order valence-electron chi connectivity index (χ3n) is 4.24. The van der Waals surface area contributed by atoms with E-state index in [9.17, 15) is 10.1 Å². The lowest BCUT2D eigenvalue weighted by molar-refractivity contribution is -0.384. The molecule has 1 unspecified atom stereocenters. The van der Waals surface area contributed by atoms with Crippen molar-refractivity contribution < 1.29 is 4.92 Å². The molecule has 1 aromatic rings. The molecule has 6 heteroatoms. The van der Waals surface area contributed by atoms with E-state index in [0.29, 0.717) is 12.6 Å². The molecule has 6 nitrogen and oxygen atoms in total. The lowest BCUT2D eigenvalue weighted by Crippen LogP contribution is -2.38. The molecule has 1 fully saturated rings. The van der Waals surface area contributed by atoms with Gasteiger partial charge < -0.3 is 10.6 Å². The summed E-state index contributed by atoms with van der Waals surface area (Å²) in [6, 6.07) is 5.60. The maximum absolute atomic E-state index is 10.9. The first kappa shape index (κ1) is 15.7. The highest BCUT2D eigenvalue weighted by Gasteiger charge is 2.24. The molecular formula is C15H24N4O2. The Morgan fingerprint density at radius 3 is 2.95 bits per heavy atom. The van der Waals surface area contributed by atoms with Crippen LogP contribution < -0.4 is 5.73 Å². The number of rotatable bonds is 6. The number of nitro benzene ring substituents is 1. The number of anilines is 1. The normalized spacial score (nSPS) is 19.3. The van der Waals surface area contributed by atoms with Crippen molar-refractivity contribution in [2.24, 2.45) is 0 Å². The first-order valence-corrected chi connectivity index (χ1v) is 7.47. The van der Waals surface area contributed by atoms with E-state index in [1.165, 1.54) is 25.5 Å². The lowest BCUT2D eigenvalue weighted by atomic mass is 10.1. The Bertz CT molecular complexity index is 506. The van der Waals surface area contributed by atoms with Crippen LogP contribution in [-0.4, -0.2) is 47.4 Å². The summed E-state index contributed by atoms with van der Waals surface area (Å²) in [6.07, 6.45) is 2.48. The summed E-state index contributed by atoms with van der Waals surface area (Å²) in [7, 11) is 2.05. The first-order chi connectivity index (χ1) is 10.0.